The van der Waals surface area contributed by atoms with Gasteiger partial charge in [-0.25, -0.2) is 18.5 Å². The molecule has 3 rings (SSSR count). The van der Waals surface area contributed by atoms with Crippen LogP contribution in [0, 0.1) is 0 Å². The first-order valence-electron chi connectivity index (χ1n) is 8.62. The van der Waals surface area contributed by atoms with Gasteiger partial charge in [0.05, 0.1) is 22.7 Å². The molecule has 152 valence electrons. The highest BCUT2D eigenvalue weighted by molar-refractivity contribution is 9.10. The number of nitrogens with two attached hydrogens (primary N) is 1. The van der Waals surface area contributed by atoms with Crippen molar-refractivity contribution in [2.45, 2.75) is 43.2 Å². The second-order valence-corrected chi connectivity index (χ2v) is 9.45. The third kappa shape index (κ3) is 4.90. The maximum absolute atomic E-state index is 11.8. The Kier molecular flexibility index (Phi) is 5.80. The van der Waals surface area contributed by atoms with Crippen molar-refractivity contribution in [2.24, 2.45) is 5.14 Å². The molecule has 0 saturated heterocycles. The van der Waals surface area contributed by atoms with E-state index in [4.69, 9.17) is 9.88 Å². The number of hydrogen-bond donors (Lipinski definition) is 4. The predicted octanol–water partition coefficient (Wildman–Crippen LogP) is 2.35. The molecule has 0 fully saturated rings. The zero-order chi connectivity index (χ0) is 20.5. The fourth-order valence-corrected chi connectivity index (χ4v) is 3.79. The maximum atomic E-state index is 11.8. The summed E-state index contributed by atoms with van der Waals surface area (Å²) in [5.41, 5.74) is -0.476. The van der Waals surface area contributed by atoms with E-state index >= 15 is 0 Å². The number of fused-ring (bicyclic) bond motifs is 4. The van der Waals surface area contributed by atoms with Crippen LogP contribution < -0.4 is 20.5 Å². The lowest BCUT2D eigenvalue weighted by Gasteiger charge is -2.31. The Morgan fingerprint density at radius 1 is 1.39 bits per heavy atom. The smallest absolute Gasteiger partial charge is 0.241 e. The van der Waals surface area contributed by atoms with Gasteiger partial charge >= 0.3 is 0 Å². The largest absolute Gasteiger partial charge is 0.492 e. The molecule has 1 aliphatic heterocycles. The van der Waals surface area contributed by atoms with Crippen molar-refractivity contribution in [1.29, 1.82) is 0 Å². The molecule has 1 unspecified atom stereocenters. The molecule has 1 aromatic heterocycles. The standard InChI is InChI=1S/C17H22BrN5O4S/c1-17(2,24)14-4-3-7-27-12-8-10(5-6-13(12)28(19,25)26)21-16-20-9-11(18)15(22-14)23-16/h5-6,8-9,14,24H,3-4,7H2,1-2H3,(H2,19,25,26)(H2,20,21,22,23). The van der Waals surface area contributed by atoms with Crippen molar-refractivity contribution >= 4 is 43.4 Å². The van der Waals surface area contributed by atoms with Crippen LogP contribution in [-0.4, -0.2) is 41.7 Å². The molecule has 2 heterocycles. The van der Waals surface area contributed by atoms with Crippen LogP contribution in [0.1, 0.15) is 26.7 Å². The van der Waals surface area contributed by atoms with Crippen molar-refractivity contribution in [2.75, 3.05) is 17.2 Å². The van der Waals surface area contributed by atoms with Gasteiger partial charge in [-0.2, -0.15) is 4.98 Å². The maximum Gasteiger partial charge on any atom is 0.241 e. The molecule has 0 spiro atoms. The zero-order valence-corrected chi connectivity index (χ0v) is 17.8. The van der Waals surface area contributed by atoms with Crippen LogP contribution in [0.5, 0.6) is 5.75 Å². The summed E-state index contributed by atoms with van der Waals surface area (Å²) in [6.45, 7) is 3.67. The average molecular weight is 472 g/mol. The van der Waals surface area contributed by atoms with E-state index in [2.05, 4.69) is 36.5 Å². The number of halogens is 1. The molecule has 11 heteroatoms. The number of aliphatic hydroxyl groups is 1. The highest BCUT2D eigenvalue weighted by Crippen LogP contribution is 2.30. The lowest BCUT2D eigenvalue weighted by atomic mass is 9.94. The van der Waals surface area contributed by atoms with Crippen molar-refractivity contribution in [3.05, 3.63) is 28.9 Å². The predicted molar refractivity (Wildman–Crippen MR) is 109 cm³/mol. The minimum Gasteiger partial charge on any atom is -0.492 e. The van der Waals surface area contributed by atoms with Gasteiger partial charge in [-0.15, -0.1) is 0 Å². The molecule has 5 N–H and O–H groups in total. The molecule has 9 nitrogen and oxygen atoms in total. The number of hydrogen-bond acceptors (Lipinski definition) is 8. The summed E-state index contributed by atoms with van der Waals surface area (Å²) in [5, 5.41) is 22.1. The van der Waals surface area contributed by atoms with E-state index in [1.54, 1.807) is 32.2 Å². The van der Waals surface area contributed by atoms with Crippen LogP contribution in [0.4, 0.5) is 17.5 Å². The second-order valence-electron chi connectivity index (χ2n) is 7.06. The Morgan fingerprint density at radius 3 is 2.82 bits per heavy atom. The van der Waals surface area contributed by atoms with Crippen molar-refractivity contribution in [3.8, 4) is 5.75 Å². The van der Waals surface area contributed by atoms with Gasteiger partial charge in [-0.1, -0.05) is 0 Å². The molecular formula is C17H22BrN5O4S. The molecule has 0 aliphatic carbocycles. The molecule has 1 atom stereocenters. The van der Waals surface area contributed by atoms with Crippen LogP contribution >= 0.6 is 15.9 Å². The Bertz CT molecular complexity index is 978. The summed E-state index contributed by atoms with van der Waals surface area (Å²) < 4.78 is 30.1. The normalized spacial score (nSPS) is 17.8. The van der Waals surface area contributed by atoms with Crippen LogP contribution in [0.2, 0.25) is 0 Å². The lowest BCUT2D eigenvalue weighted by molar-refractivity contribution is 0.0542. The number of rotatable bonds is 2. The topological polar surface area (TPSA) is 139 Å². The van der Waals surface area contributed by atoms with Crippen LogP contribution in [0.3, 0.4) is 0 Å². The zero-order valence-electron chi connectivity index (χ0n) is 15.4. The van der Waals surface area contributed by atoms with E-state index in [9.17, 15) is 13.5 Å². The first-order chi connectivity index (χ1) is 13.0. The molecule has 1 aromatic carbocycles. The first kappa shape index (κ1) is 20.8. The highest BCUT2D eigenvalue weighted by atomic mass is 79.9. The Labute approximate surface area is 171 Å². The van der Waals surface area contributed by atoms with Crippen molar-refractivity contribution in [1.82, 2.24) is 9.97 Å². The molecule has 0 amide bonds. The van der Waals surface area contributed by atoms with E-state index < -0.39 is 15.6 Å². The van der Waals surface area contributed by atoms with E-state index in [1.165, 1.54) is 6.07 Å². The van der Waals surface area contributed by atoms with Gasteiger partial charge in [0.15, 0.2) is 0 Å². The van der Waals surface area contributed by atoms with Gasteiger partial charge in [0, 0.05) is 18.0 Å². The third-order valence-corrected chi connectivity index (χ3v) is 5.84. The Balaban J connectivity index is 2.04. The number of benzene rings is 1. The number of sulfonamides is 1. The van der Waals surface area contributed by atoms with E-state index in [0.717, 1.165) is 0 Å². The van der Waals surface area contributed by atoms with Crippen molar-refractivity contribution < 1.29 is 18.3 Å². The molecular weight excluding hydrogens is 450 g/mol. The minimum absolute atomic E-state index is 0.0949. The summed E-state index contributed by atoms with van der Waals surface area (Å²) in [6.07, 6.45) is 2.72. The molecule has 2 aromatic rings. The number of nitrogens with one attached hydrogen (secondary N) is 2. The van der Waals surface area contributed by atoms with Crippen LogP contribution in [-0.2, 0) is 10.0 Å². The fraction of sp³-hybridized carbons (Fsp3) is 0.412. The summed E-state index contributed by atoms with van der Waals surface area (Å²) in [7, 11) is -3.94. The summed E-state index contributed by atoms with van der Waals surface area (Å²) in [5.74, 6) is 0.983. The second kappa shape index (κ2) is 7.82. The lowest BCUT2D eigenvalue weighted by Crippen LogP contribution is -2.42. The van der Waals surface area contributed by atoms with E-state index in [0.29, 0.717) is 34.8 Å². The molecule has 28 heavy (non-hydrogen) atoms. The minimum atomic E-state index is -3.94. The Hall–Kier alpha value is -1.95. The number of nitrogens with zero attached hydrogens (tertiary/aromatic N) is 2. The number of primary sulfonamides is 1. The van der Waals surface area contributed by atoms with Crippen LogP contribution in [0.25, 0.3) is 0 Å². The van der Waals surface area contributed by atoms with Gasteiger partial charge < -0.3 is 20.5 Å². The van der Waals surface area contributed by atoms with Gasteiger partial charge in [-0.05, 0) is 54.8 Å². The van der Waals surface area contributed by atoms with Gasteiger partial charge in [-0.3, -0.25) is 0 Å². The fourth-order valence-electron chi connectivity index (χ4n) is 2.83. The molecule has 0 saturated carbocycles. The summed E-state index contributed by atoms with van der Waals surface area (Å²) >= 11 is 3.42. The number of ether oxygens (including phenoxy) is 1. The number of anilines is 3. The van der Waals surface area contributed by atoms with E-state index in [-0.39, 0.29) is 23.3 Å². The average Bonchev–Trinajstić information content (AvgIpc) is 2.58. The Morgan fingerprint density at radius 2 is 2.14 bits per heavy atom. The molecule has 0 radical (unpaired) electrons. The van der Waals surface area contributed by atoms with Crippen LogP contribution in [0.15, 0.2) is 33.8 Å². The number of aromatic nitrogens is 2. The SMILES string of the molecule is CC(C)(O)C1CCCOc2cc(ccc2S(N)(=O)=O)Nc2ncc(Br)c(n2)N1. The first-order valence-corrected chi connectivity index (χ1v) is 11.0. The van der Waals surface area contributed by atoms with Gasteiger partial charge in [0.1, 0.15) is 16.5 Å². The monoisotopic (exact) mass is 471 g/mol. The molecule has 1 aliphatic rings. The third-order valence-electron chi connectivity index (χ3n) is 4.31. The summed E-state index contributed by atoms with van der Waals surface area (Å²) in [4.78, 5) is 8.57. The van der Waals surface area contributed by atoms with Gasteiger partial charge in [0.25, 0.3) is 0 Å². The summed E-state index contributed by atoms with van der Waals surface area (Å²) in [6, 6.07) is 4.16. The molecule has 4 bridgehead atoms. The highest BCUT2D eigenvalue weighted by Gasteiger charge is 2.28. The van der Waals surface area contributed by atoms with Crippen molar-refractivity contribution in [3.63, 3.8) is 0 Å². The van der Waals surface area contributed by atoms with Gasteiger partial charge in [0.2, 0.25) is 16.0 Å². The van der Waals surface area contributed by atoms with E-state index in [1.807, 2.05) is 0 Å². The quantitative estimate of drug-likeness (QED) is 0.523.